The van der Waals surface area contributed by atoms with Gasteiger partial charge in [-0.3, -0.25) is 34.1 Å². The van der Waals surface area contributed by atoms with E-state index in [1.165, 1.54) is 40.1 Å². The first-order chi connectivity index (χ1) is 15.3. The Morgan fingerprint density at radius 2 is 0.939 bits per heavy atom. The van der Waals surface area contributed by atoms with Gasteiger partial charge in [0.1, 0.15) is 0 Å². The number of nitrogens with one attached hydrogen (secondary N) is 1. The quantitative estimate of drug-likeness (QED) is 0.206. The fourth-order valence-electron chi connectivity index (χ4n) is 2.35. The molecule has 0 aromatic carbocycles. The number of terminal acetylenes is 1. The van der Waals surface area contributed by atoms with Crippen molar-refractivity contribution in [1.29, 1.82) is 0 Å². The standard InChI is InChI=1S/C20H33N7O6/c1-7-8-22-9-16(29)24(3)11-18(31)26(5)13-20(33)27(6)14-19(32)25(4)12-17(30)23(2)10-15(21)28/h1,22H,8-14H2,2-6H3,(H2,21,28). The van der Waals surface area contributed by atoms with E-state index in [4.69, 9.17) is 12.2 Å². The summed E-state index contributed by atoms with van der Waals surface area (Å²) in [6.07, 6.45) is 5.09. The third-order valence-corrected chi connectivity index (χ3v) is 4.51. The van der Waals surface area contributed by atoms with Crippen LogP contribution in [0, 0.1) is 12.3 Å². The number of primary amides is 1. The van der Waals surface area contributed by atoms with Crippen molar-refractivity contribution in [3.8, 4) is 12.3 Å². The third kappa shape index (κ3) is 11.5. The molecule has 0 bridgehead atoms. The molecule has 0 heterocycles. The van der Waals surface area contributed by atoms with Crippen molar-refractivity contribution in [2.24, 2.45) is 5.73 Å². The molecule has 0 aromatic heterocycles. The summed E-state index contributed by atoms with van der Waals surface area (Å²) in [6.45, 7) is -1.21. The molecule has 0 spiro atoms. The maximum absolute atomic E-state index is 12.4. The summed E-state index contributed by atoms with van der Waals surface area (Å²) >= 11 is 0. The van der Waals surface area contributed by atoms with Crippen LogP contribution < -0.4 is 11.1 Å². The second kappa shape index (κ2) is 14.4. The van der Waals surface area contributed by atoms with Crippen LogP contribution in [0.5, 0.6) is 0 Å². The number of amides is 6. The van der Waals surface area contributed by atoms with Gasteiger partial charge in [0.05, 0.1) is 45.8 Å². The number of nitrogens with two attached hydrogens (primary N) is 1. The van der Waals surface area contributed by atoms with Crippen molar-refractivity contribution >= 4 is 35.4 Å². The Bertz CT molecular complexity index is 794. The average molecular weight is 468 g/mol. The highest BCUT2D eigenvalue weighted by molar-refractivity contribution is 5.91. The smallest absolute Gasteiger partial charge is 0.242 e. The Hall–Kier alpha value is -3.66. The zero-order chi connectivity index (χ0) is 25.7. The molecule has 33 heavy (non-hydrogen) atoms. The Balaban J connectivity index is 4.60. The van der Waals surface area contributed by atoms with E-state index in [2.05, 4.69) is 11.2 Å². The number of likely N-dealkylation sites (N-methyl/N-ethyl adjacent to an activating group) is 5. The highest BCUT2D eigenvalue weighted by atomic mass is 16.2. The van der Waals surface area contributed by atoms with Crippen molar-refractivity contribution in [3.63, 3.8) is 0 Å². The van der Waals surface area contributed by atoms with Crippen LogP contribution in [0.15, 0.2) is 0 Å². The lowest BCUT2D eigenvalue weighted by Crippen LogP contribution is -2.48. The summed E-state index contributed by atoms with van der Waals surface area (Å²) in [4.78, 5) is 77.5. The molecule has 0 aliphatic rings. The lowest BCUT2D eigenvalue weighted by molar-refractivity contribution is -0.145. The molecule has 0 saturated carbocycles. The first-order valence-corrected chi connectivity index (χ1v) is 9.92. The number of nitrogens with zero attached hydrogens (tertiary/aromatic N) is 5. The van der Waals surface area contributed by atoms with Gasteiger partial charge in [0.2, 0.25) is 35.4 Å². The van der Waals surface area contributed by atoms with Gasteiger partial charge in [-0.15, -0.1) is 6.42 Å². The fourth-order valence-corrected chi connectivity index (χ4v) is 2.35. The molecule has 184 valence electrons. The van der Waals surface area contributed by atoms with Crippen LogP contribution in [-0.4, -0.2) is 141 Å². The SMILES string of the molecule is C#CCNCC(=O)N(C)CC(=O)N(C)CC(=O)N(C)CC(=O)N(C)CC(=O)N(C)CC(N)=O. The number of hydrogen-bond acceptors (Lipinski definition) is 7. The molecule has 3 N–H and O–H groups in total. The number of hydrogen-bond donors (Lipinski definition) is 2. The molecule has 0 aliphatic heterocycles. The summed E-state index contributed by atoms with van der Waals surface area (Å²) < 4.78 is 0. The van der Waals surface area contributed by atoms with E-state index in [1.807, 2.05) is 0 Å². The van der Waals surface area contributed by atoms with Crippen LogP contribution in [0.4, 0.5) is 0 Å². The average Bonchev–Trinajstić information content (AvgIpc) is 2.72. The van der Waals surface area contributed by atoms with Gasteiger partial charge in [0.15, 0.2) is 0 Å². The molecule has 0 atom stereocenters. The maximum atomic E-state index is 12.4. The molecule has 0 aliphatic carbocycles. The summed E-state index contributed by atoms with van der Waals surface area (Å²) in [7, 11) is 7.02. The third-order valence-electron chi connectivity index (χ3n) is 4.51. The van der Waals surface area contributed by atoms with E-state index >= 15 is 0 Å². The van der Waals surface area contributed by atoms with Crippen molar-refractivity contribution in [1.82, 2.24) is 29.8 Å². The first kappa shape index (κ1) is 29.3. The zero-order valence-corrected chi connectivity index (χ0v) is 19.8. The van der Waals surface area contributed by atoms with E-state index < -0.39 is 29.5 Å². The highest BCUT2D eigenvalue weighted by Gasteiger charge is 2.22. The molecular weight excluding hydrogens is 434 g/mol. The summed E-state index contributed by atoms with van der Waals surface area (Å²) in [5, 5.41) is 2.73. The maximum Gasteiger partial charge on any atom is 0.242 e. The highest BCUT2D eigenvalue weighted by Crippen LogP contribution is 1.97. The van der Waals surface area contributed by atoms with Gasteiger partial charge in [-0.1, -0.05) is 5.92 Å². The molecule has 0 aromatic rings. The van der Waals surface area contributed by atoms with Crippen LogP contribution in [0.25, 0.3) is 0 Å². The minimum Gasteiger partial charge on any atom is -0.368 e. The molecule has 0 unspecified atom stereocenters. The number of rotatable bonds is 13. The van der Waals surface area contributed by atoms with E-state index in [-0.39, 0.29) is 51.7 Å². The van der Waals surface area contributed by atoms with Crippen molar-refractivity contribution in [2.75, 3.05) is 81.1 Å². The summed E-state index contributed by atoms with van der Waals surface area (Å²) in [5.41, 5.74) is 5.03. The van der Waals surface area contributed by atoms with Gasteiger partial charge in [-0.2, -0.15) is 0 Å². The zero-order valence-electron chi connectivity index (χ0n) is 19.8. The van der Waals surface area contributed by atoms with Crippen LogP contribution in [0.2, 0.25) is 0 Å². The largest absolute Gasteiger partial charge is 0.368 e. The van der Waals surface area contributed by atoms with E-state index in [1.54, 1.807) is 0 Å². The lowest BCUT2D eigenvalue weighted by Gasteiger charge is -2.26. The predicted octanol–water partition coefficient (Wildman–Crippen LogP) is -4.01. The van der Waals surface area contributed by atoms with Crippen molar-refractivity contribution < 1.29 is 28.8 Å². The van der Waals surface area contributed by atoms with Crippen LogP contribution in [0.3, 0.4) is 0 Å². The molecule has 0 radical (unpaired) electrons. The normalized spacial score (nSPS) is 9.94. The second-order valence-corrected chi connectivity index (χ2v) is 7.52. The topological polar surface area (TPSA) is 157 Å². The van der Waals surface area contributed by atoms with Crippen LogP contribution in [0.1, 0.15) is 0 Å². The minimum absolute atomic E-state index is 0.0180. The first-order valence-electron chi connectivity index (χ1n) is 9.92. The van der Waals surface area contributed by atoms with E-state index in [0.717, 1.165) is 19.6 Å². The summed E-state index contributed by atoms with van der Waals surface area (Å²) in [5.74, 6) is -0.646. The van der Waals surface area contributed by atoms with E-state index in [0.29, 0.717) is 0 Å². The van der Waals surface area contributed by atoms with Gasteiger partial charge >= 0.3 is 0 Å². The molecule has 13 heteroatoms. The molecule has 0 saturated heterocycles. The number of carbonyl (C=O) groups is 6. The van der Waals surface area contributed by atoms with Gasteiger partial charge < -0.3 is 30.2 Å². The number of carbonyl (C=O) groups excluding carboxylic acids is 6. The Morgan fingerprint density at radius 3 is 1.24 bits per heavy atom. The Labute approximate surface area is 193 Å². The van der Waals surface area contributed by atoms with E-state index in [9.17, 15) is 28.8 Å². The van der Waals surface area contributed by atoms with Gasteiger partial charge in [-0.05, 0) is 0 Å². The monoisotopic (exact) mass is 467 g/mol. The fraction of sp³-hybridized carbons (Fsp3) is 0.600. The van der Waals surface area contributed by atoms with Gasteiger partial charge in [0.25, 0.3) is 0 Å². The molecular formula is C20H33N7O6. The summed E-state index contributed by atoms with van der Waals surface area (Å²) in [6, 6.07) is 0. The van der Waals surface area contributed by atoms with Gasteiger partial charge in [0, 0.05) is 35.2 Å². The second-order valence-electron chi connectivity index (χ2n) is 7.52. The molecule has 0 fully saturated rings. The van der Waals surface area contributed by atoms with Crippen LogP contribution in [-0.2, 0) is 28.8 Å². The van der Waals surface area contributed by atoms with Crippen LogP contribution >= 0.6 is 0 Å². The Morgan fingerprint density at radius 1 is 0.636 bits per heavy atom. The Kier molecular flexibility index (Phi) is 12.8. The minimum atomic E-state index is -0.681. The molecule has 13 nitrogen and oxygen atoms in total. The molecule has 6 amide bonds. The molecule has 0 rings (SSSR count). The van der Waals surface area contributed by atoms with Crippen molar-refractivity contribution in [3.05, 3.63) is 0 Å². The van der Waals surface area contributed by atoms with Gasteiger partial charge in [-0.25, -0.2) is 0 Å². The lowest BCUT2D eigenvalue weighted by atomic mass is 10.3. The predicted molar refractivity (Wildman–Crippen MR) is 119 cm³/mol. The van der Waals surface area contributed by atoms with Crippen molar-refractivity contribution in [2.45, 2.75) is 0 Å².